The molecule has 0 aliphatic rings. The Bertz CT molecular complexity index is 940. The van der Waals surface area contributed by atoms with Crippen molar-refractivity contribution in [2.24, 2.45) is 0 Å². The Balaban J connectivity index is 2.09. The summed E-state index contributed by atoms with van der Waals surface area (Å²) < 4.78 is 32.0. The summed E-state index contributed by atoms with van der Waals surface area (Å²) in [6.45, 7) is 3.63. The van der Waals surface area contributed by atoms with Crippen LogP contribution in [0.3, 0.4) is 0 Å². The second-order valence-electron chi connectivity index (χ2n) is 5.56. The van der Waals surface area contributed by atoms with Crippen LogP contribution in [-0.4, -0.2) is 15.4 Å². The third kappa shape index (κ3) is 3.04. The summed E-state index contributed by atoms with van der Waals surface area (Å²) in [6.07, 6.45) is 3.91. The molecular weight excluding hydrogens is 325 g/mol. The summed E-state index contributed by atoms with van der Waals surface area (Å²) in [5.74, 6) is 0.808. The van der Waals surface area contributed by atoms with Crippen LogP contribution in [0.15, 0.2) is 47.5 Å². The molecule has 2 aromatic carbocycles. The molecule has 3 nitrogen and oxygen atoms in total. The minimum Gasteiger partial charge on any atom is -0.456 e. The van der Waals surface area contributed by atoms with Crippen LogP contribution < -0.4 is 4.74 Å². The normalized spacial score (nSPS) is 12.3. The molecule has 0 aliphatic carbocycles. The van der Waals surface area contributed by atoms with Crippen LogP contribution in [0.2, 0.25) is 0 Å². The quantitative estimate of drug-likeness (QED) is 0.685. The summed E-state index contributed by atoms with van der Waals surface area (Å²) in [5, 5.41) is 0.754. The van der Waals surface area contributed by atoms with E-state index in [1.807, 2.05) is 13.0 Å². The van der Waals surface area contributed by atoms with E-state index in [1.165, 1.54) is 0 Å². The highest BCUT2D eigenvalue weighted by molar-refractivity contribution is 7.84. The Morgan fingerprint density at radius 2 is 1.96 bits per heavy atom. The maximum atomic E-state index is 14.3. The van der Waals surface area contributed by atoms with Crippen LogP contribution in [-0.2, 0) is 17.2 Å². The predicted octanol–water partition coefficient (Wildman–Crippen LogP) is 4.77. The van der Waals surface area contributed by atoms with Crippen molar-refractivity contribution in [3.05, 3.63) is 59.5 Å². The number of benzene rings is 2. The standard InChI is InChI=1S/C19H18FNO2S/c1-4-13-5-8-17(12(2)19(13)20)23-18-9-10-21-16-7-6-14(24(3)22)11-15(16)18/h5-11H,4H2,1-3H3. The average molecular weight is 343 g/mol. The van der Waals surface area contributed by atoms with Crippen molar-refractivity contribution < 1.29 is 13.3 Å². The molecule has 3 aromatic rings. The summed E-state index contributed by atoms with van der Waals surface area (Å²) >= 11 is 0. The van der Waals surface area contributed by atoms with Gasteiger partial charge in [-0.1, -0.05) is 13.0 Å². The van der Waals surface area contributed by atoms with E-state index in [2.05, 4.69) is 4.98 Å². The molecule has 0 saturated carbocycles. The first kappa shape index (κ1) is 16.6. The molecule has 5 heteroatoms. The predicted molar refractivity (Wildman–Crippen MR) is 94.7 cm³/mol. The Kier molecular flexibility index (Phi) is 4.62. The monoisotopic (exact) mass is 343 g/mol. The maximum absolute atomic E-state index is 14.3. The van der Waals surface area contributed by atoms with Crippen molar-refractivity contribution in [1.29, 1.82) is 0 Å². The third-order valence-corrected chi connectivity index (χ3v) is 4.94. The van der Waals surface area contributed by atoms with Crippen molar-refractivity contribution in [3.8, 4) is 11.5 Å². The van der Waals surface area contributed by atoms with Crippen LogP contribution in [0.25, 0.3) is 10.9 Å². The van der Waals surface area contributed by atoms with E-state index in [0.29, 0.717) is 33.9 Å². The molecule has 0 amide bonds. The molecule has 1 atom stereocenters. The first-order valence-corrected chi connectivity index (χ1v) is 9.25. The molecule has 0 radical (unpaired) electrons. The molecular formula is C19H18FNO2S. The summed E-state index contributed by atoms with van der Waals surface area (Å²) in [7, 11) is -1.10. The molecule has 0 spiro atoms. The molecule has 0 fully saturated rings. The van der Waals surface area contributed by atoms with E-state index in [0.717, 1.165) is 10.9 Å². The number of ether oxygens (including phenoxy) is 1. The van der Waals surface area contributed by atoms with Crippen molar-refractivity contribution in [3.63, 3.8) is 0 Å². The Morgan fingerprint density at radius 3 is 2.67 bits per heavy atom. The maximum Gasteiger partial charge on any atom is 0.138 e. The first-order valence-electron chi connectivity index (χ1n) is 7.69. The van der Waals surface area contributed by atoms with Gasteiger partial charge in [-0.05, 0) is 49.2 Å². The molecule has 0 bridgehead atoms. The molecule has 1 unspecified atom stereocenters. The minimum atomic E-state index is -1.10. The van der Waals surface area contributed by atoms with E-state index in [1.54, 1.807) is 49.7 Å². The van der Waals surface area contributed by atoms with Gasteiger partial charge in [0.1, 0.15) is 17.3 Å². The highest BCUT2D eigenvalue weighted by atomic mass is 32.2. The second kappa shape index (κ2) is 6.69. The summed E-state index contributed by atoms with van der Waals surface area (Å²) in [5.41, 5.74) is 1.89. The first-order chi connectivity index (χ1) is 11.5. The zero-order chi connectivity index (χ0) is 17.3. The number of aryl methyl sites for hydroxylation is 1. The number of nitrogens with zero attached hydrogens (tertiary/aromatic N) is 1. The molecule has 0 saturated heterocycles. The van der Waals surface area contributed by atoms with Gasteiger partial charge in [0.05, 0.1) is 5.52 Å². The van der Waals surface area contributed by atoms with Gasteiger partial charge >= 0.3 is 0 Å². The van der Waals surface area contributed by atoms with Gasteiger partial charge < -0.3 is 4.74 Å². The number of hydrogen-bond acceptors (Lipinski definition) is 3. The minimum absolute atomic E-state index is 0.233. The Morgan fingerprint density at radius 1 is 1.17 bits per heavy atom. The van der Waals surface area contributed by atoms with E-state index >= 15 is 0 Å². The average Bonchev–Trinajstić information content (AvgIpc) is 2.59. The van der Waals surface area contributed by atoms with Crippen molar-refractivity contribution in [1.82, 2.24) is 4.98 Å². The van der Waals surface area contributed by atoms with Crippen LogP contribution in [0.5, 0.6) is 11.5 Å². The zero-order valence-electron chi connectivity index (χ0n) is 13.8. The molecule has 1 heterocycles. The van der Waals surface area contributed by atoms with E-state index in [-0.39, 0.29) is 5.82 Å². The molecule has 0 N–H and O–H groups in total. The van der Waals surface area contributed by atoms with Crippen molar-refractivity contribution in [2.75, 3.05) is 6.26 Å². The molecule has 124 valence electrons. The SMILES string of the molecule is CCc1ccc(Oc2ccnc3ccc(S(C)=O)cc23)c(C)c1F. The van der Waals surface area contributed by atoms with Gasteiger partial charge in [-0.2, -0.15) is 0 Å². The number of aromatic nitrogens is 1. The van der Waals surface area contributed by atoms with Crippen LogP contribution in [0, 0.1) is 12.7 Å². The molecule has 1 aromatic heterocycles. The number of pyridine rings is 1. The van der Waals surface area contributed by atoms with Gasteiger partial charge in [-0.15, -0.1) is 0 Å². The van der Waals surface area contributed by atoms with Crippen LogP contribution >= 0.6 is 0 Å². The largest absolute Gasteiger partial charge is 0.456 e. The number of fused-ring (bicyclic) bond motifs is 1. The van der Waals surface area contributed by atoms with E-state index in [9.17, 15) is 8.60 Å². The zero-order valence-corrected chi connectivity index (χ0v) is 14.6. The highest BCUT2D eigenvalue weighted by Gasteiger charge is 2.12. The van der Waals surface area contributed by atoms with Crippen LogP contribution in [0.4, 0.5) is 4.39 Å². The van der Waals surface area contributed by atoms with E-state index in [4.69, 9.17) is 4.74 Å². The smallest absolute Gasteiger partial charge is 0.138 e. The van der Waals surface area contributed by atoms with Crippen molar-refractivity contribution in [2.45, 2.75) is 25.2 Å². The molecule has 0 aliphatic heterocycles. The highest BCUT2D eigenvalue weighted by Crippen LogP contribution is 2.33. The van der Waals surface area contributed by atoms with Gasteiger partial charge in [-0.3, -0.25) is 9.19 Å². The lowest BCUT2D eigenvalue weighted by atomic mass is 10.1. The molecule has 24 heavy (non-hydrogen) atoms. The summed E-state index contributed by atoms with van der Waals surface area (Å²) in [4.78, 5) is 5.00. The third-order valence-electron chi connectivity index (χ3n) is 4.02. The van der Waals surface area contributed by atoms with Gasteiger partial charge in [0.15, 0.2) is 0 Å². The second-order valence-corrected chi connectivity index (χ2v) is 6.94. The Labute approximate surface area is 143 Å². The van der Waals surface area contributed by atoms with Crippen molar-refractivity contribution >= 4 is 21.7 Å². The van der Waals surface area contributed by atoms with Crippen LogP contribution in [0.1, 0.15) is 18.1 Å². The van der Waals surface area contributed by atoms with Gasteiger partial charge in [0.2, 0.25) is 0 Å². The lowest BCUT2D eigenvalue weighted by Gasteiger charge is -2.13. The fraction of sp³-hybridized carbons (Fsp3) is 0.211. The summed E-state index contributed by atoms with van der Waals surface area (Å²) in [6, 6.07) is 10.7. The number of hydrogen-bond donors (Lipinski definition) is 0. The fourth-order valence-corrected chi connectivity index (χ4v) is 3.14. The lowest BCUT2D eigenvalue weighted by Crippen LogP contribution is -1.97. The van der Waals surface area contributed by atoms with Gasteiger partial charge in [0, 0.05) is 39.1 Å². The van der Waals surface area contributed by atoms with Gasteiger partial charge in [0.25, 0.3) is 0 Å². The number of rotatable bonds is 4. The lowest BCUT2D eigenvalue weighted by molar-refractivity contribution is 0.474. The number of halogens is 1. The topological polar surface area (TPSA) is 39.2 Å². The fourth-order valence-electron chi connectivity index (χ4n) is 2.59. The molecule has 3 rings (SSSR count). The van der Waals surface area contributed by atoms with Gasteiger partial charge in [-0.25, -0.2) is 4.39 Å². The Hall–Kier alpha value is -2.27. The van der Waals surface area contributed by atoms with E-state index < -0.39 is 10.8 Å².